The van der Waals surface area contributed by atoms with Crippen molar-refractivity contribution in [1.29, 1.82) is 0 Å². The van der Waals surface area contributed by atoms with Gasteiger partial charge in [-0.3, -0.25) is 14.1 Å². The maximum Gasteiger partial charge on any atom is 0.222 e. The van der Waals surface area contributed by atoms with E-state index in [2.05, 4.69) is 47.3 Å². The molecule has 7 heteroatoms. The van der Waals surface area contributed by atoms with Gasteiger partial charge in [0.1, 0.15) is 0 Å². The van der Waals surface area contributed by atoms with Crippen LogP contribution >= 0.6 is 11.3 Å². The molecule has 6 nitrogen and oxygen atoms in total. The van der Waals surface area contributed by atoms with E-state index < -0.39 is 0 Å². The van der Waals surface area contributed by atoms with Gasteiger partial charge in [-0.1, -0.05) is 0 Å². The number of morpholine rings is 1. The first-order valence-electron chi connectivity index (χ1n) is 8.50. The minimum atomic E-state index is -0.0171. The molecule has 0 saturated carbocycles. The van der Waals surface area contributed by atoms with E-state index in [0.29, 0.717) is 25.6 Å². The van der Waals surface area contributed by atoms with Crippen LogP contribution in [-0.2, 0) is 16.1 Å². The molecule has 0 aliphatic carbocycles. The fourth-order valence-electron chi connectivity index (χ4n) is 2.99. The zero-order chi connectivity index (χ0) is 17.3. The predicted octanol–water partition coefficient (Wildman–Crippen LogP) is 2.13. The highest BCUT2D eigenvalue weighted by Gasteiger charge is 2.24. The first kappa shape index (κ1) is 17.4. The summed E-state index contributed by atoms with van der Waals surface area (Å²) in [6.45, 7) is 11.5. The van der Waals surface area contributed by atoms with Gasteiger partial charge in [0.25, 0.3) is 0 Å². The Kier molecular flexibility index (Phi) is 5.22. The summed E-state index contributed by atoms with van der Waals surface area (Å²) in [5, 5.41) is 2.97. The Morgan fingerprint density at radius 2 is 2.29 bits per heavy atom. The number of ether oxygens (including phenoxy) is 1. The molecule has 1 N–H and O–H groups in total. The molecular weight excluding hydrogens is 324 g/mol. The number of nitrogens with one attached hydrogen (secondary N) is 1. The summed E-state index contributed by atoms with van der Waals surface area (Å²) in [6.07, 6.45) is 2.40. The Morgan fingerprint density at radius 3 is 3.00 bits per heavy atom. The minimum Gasteiger partial charge on any atom is -0.375 e. The van der Waals surface area contributed by atoms with Gasteiger partial charge >= 0.3 is 0 Å². The van der Waals surface area contributed by atoms with Crippen LogP contribution in [-0.4, -0.2) is 52.0 Å². The van der Waals surface area contributed by atoms with Crippen LogP contribution in [0.2, 0.25) is 0 Å². The van der Waals surface area contributed by atoms with Crippen molar-refractivity contribution in [3.63, 3.8) is 0 Å². The van der Waals surface area contributed by atoms with E-state index in [1.807, 2.05) is 6.20 Å². The summed E-state index contributed by atoms with van der Waals surface area (Å²) in [5.74, 6) is 0.0230. The van der Waals surface area contributed by atoms with E-state index in [0.717, 1.165) is 23.7 Å². The zero-order valence-electron chi connectivity index (χ0n) is 14.8. The van der Waals surface area contributed by atoms with Crippen LogP contribution in [0, 0.1) is 13.8 Å². The average Bonchev–Trinajstić information content (AvgIpc) is 3.05. The SMILES string of the molecule is Cc1sc2nc(CNC(=O)C[C@H]3CN(C(C)C)CCO3)cn2c1C. The summed E-state index contributed by atoms with van der Waals surface area (Å²) >= 11 is 1.68. The van der Waals surface area contributed by atoms with Crippen LogP contribution in [0.25, 0.3) is 4.96 Å². The molecule has 0 aromatic carbocycles. The molecule has 24 heavy (non-hydrogen) atoms. The maximum atomic E-state index is 12.2. The second kappa shape index (κ2) is 7.21. The minimum absolute atomic E-state index is 0.0171. The zero-order valence-corrected chi connectivity index (χ0v) is 15.7. The monoisotopic (exact) mass is 350 g/mol. The predicted molar refractivity (Wildman–Crippen MR) is 95.5 cm³/mol. The Bertz CT molecular complexity index is 722. The number of fused-ring (bicyclic) bond motifs is 1. The van der Waals surface area contributed by atoms with Gasteiger partial charge in [-0.2, -0.15) is 0 Å². The van der Waals surface area contributed by atoms with Gasteiger partial charge in [-0.05, 0) is 27.7 Å². The highest BCUT2D eigenvalue weighted by molar-refractivity contribution is 7.17. The molecular formula is C17H26N4O2S. The topological polar surface area (TPSA) is 58.9 Å². The van der Waals surface area contributed by atoms with Crippen molar-refractivity contribution in [2.75, 3.05) is 19.7 Å². The van der Waals surface area contributed by atoms with E-state index in [9.17, 15) is 4.79 Å². The molecule has 0 radical (unpaired) electrons. The number of hydrogen-bond acceptors (Lipinski definition) is 5. The summed E-state index contributed by atoms with van der Waals surface area (Å²) in [5.41, 5.74) is 2.11. The van der Waals surface area contributed by atoms with Gasteiger partial charge in [-0.25, -0.2) is 4.98 Å². The number of rotatable bonds is 5. The van der Waals surface area contributed by atoms with E-state index in [-0.39, 0.29) is 12.0 Å². The quantitative estimate of drug-likeness (QED) is 0.897. The standard InChI is InChI=1S/C17H26N4O2S/c1-11(2)20-5-6-23-15(10-20)7-16(22)18-8-14-9-21-12(3)13(4)24-17(21)19-14/h9,11,15H,5-8,10H2,1-4H3,(H,18,22)/t15-/m0/s1. The molecule has 2 aromatic rings. The number of aryl methyl sites for hydroxylation is 2. The highest BCUT2D eigenvalue weighted by atomic mass is 32.1. The van der Waals surface area contributed by atoms with Crippen molar-refractivity contribution in [3.8, 4) is 0 Å². The molecule has 1 fully saturated rings. The summed E-state index contributed by atoms with van der Waals surface area (Å²) in [6, 6.07) is 0.490. The lowest BCUT2D eigenvalue weighted by Crippen LogP contribution is -2.47. The largest absolute Gasteiger partial charge is 0.375 e. The number of imidazole rings is 1. The van der Waals surface area contributed by atoms with Crippen molar-refractivity contribution >= 4 is 22.2 Å². The molecule has 0 bridgehead atoms. The molecule has 132 valence electrons. The second-order valence-corrected chi connectivity index (χ2v) is 7.87. The summed E-state index contributed by atoms with van der Waals surface area (Å²) < 4.78 is 7.81. The van der Waals surface area contributed by atoms with Crippen molar-refractivity contribution in [2.45, 2.75) is 52.8 Å². The third-order valence-electron chi connectivity index (χ3n) is 4.62. The number of carbonyl (C=O) groups excluding carboxylic acids is 1. The van der Waals surface area contributed by atoms with Crippen LogP contribution in [0.15, 0.2) is 6.20 Å². The first-order valence-corrected chi connectivity index (χ1v) is 9.32. The van der Waals surface area contributed by atoms with E-state index in [1.165, 1.54) is 10.6 Å². The molecule has 2 aromatic heterocycles. The van der Waals surface area contributed by atoms with Crippen LogP contribution in [0.3, 0.4) is 0 Å². The molecule has 3 heterocycles. The molecule has 1 saturated heterocycles. The molecule has 1 amide bonds. The number of nitrogens with zero attached hydrogens (tertiary/aromatic N) is 3. The molecule has 0 unspecified atom stereocenters. The molecule has 1 aliphatic heterocycles. The summed E-state index contributed by atoms with van der Waals surface area (Å²) in [7, 11) is 0. The Balaban J connectivity index is 1.51. The van der Waals surface area contributed by atoms with Gasteiger partial charge in [0.2, 0.25) is 5.91 Å². The molecule has 0 spiro atoms. The van der Waals surface area contributed by atoms with Gasteiger partial charge in [0.15, 0.2) is 4.96 Å². The maximum absolute atomic E-state index is 12.2. The number of carbonyl (C=O) groups is 1. The highest BCUT2D eigenvalue weighted by Crippen LogP contribution is 2.21. The van der Waals surface area contributed by atoms with Crippen molar-refractivity contribution in [2.24, 2.45) is 0 Å². The van der Waals surface area contributed by atoms with E-state index >= 15 is 0 Å². The van der Waals surface area contributed by atoms with Gasteiger partial charge in [-0.15, -0.1) is 11.3 Å². The van der Waals surface area contributed by atoms with Crippen LogP contribution in [0.5, 0.6) is 0 Å². The van der Waals surface area contributed by atoms with Crippen LogP contribution in [0.4, 0.5) is 0 Å². The lowest BCUT2D eigenvalue weighted by Gasteiger charge is -2.35. The van der Waals surface area contributed by atoms with Gasteiger partial charge in [0, 0.05) is 35.9 Å². The fraction of sp³-hybridized carbons (Fsp3) is 0.647. The summed E-state index contributed by atoms with van der Waals surface area (Å²) in [4.78, 5) is 21.4. The smallest absolute Gasteiger partial charge is 0.222 e. The van der Waals surface area contributed by atoms with Crippen LogP contribution < -0.4 is 5.32 Å². The first-order chi connectivity index (χ1) is 11.4. The Hall–Kier alpha value is -1.44. The molecule has 3 rings (SSSR count). The number of amides is 1. The van der Waals surface area contributed by atoms with Crippen LogP contribution in [0.1, 0.15) is 36.5 Å². The van der Waals surface area contributed by atoms with Gasteiger partial charge < -0.3 is 10.1 Å². The third-order valence-corrected chi connectivity index (χ3v) is 5.69. The second-order valence-electron chi connectivity index (χ2n) is 6.69. The number of hydrogen-bond donors (Lipinski definition) is 1. The fourth-order valence-corrected chi connectivity index (χ4v) is 3.96. The van der Waals surface area contributed by atoms with Crippen molar-refractivity contribution < 1.29 is 9.53 Å². The van der Waals surface area contributed by atoms with E-state index in [4.69, 9.17) is 4.74 Å². The van der Waals surface area contributed by atoms with Crippen molar-refractivity contribution in [3.05, 3.63) is 22.5 Å². The normalized spacial score (nSPS) is 19.3. The number of thiazole rings is 1. The third kappa shape index (κ3) is 3.79. The lowest BCUT2D eigenvalue weighted by atomic mass is 10.1. The lowest BCUT2D eigenvalue weighted by molar-refractivity contribution is -0.126. The van der Waals surface area contributed by atoms with Gasteiger partial charge in [0.05, 0.1) is 31.4 Å². The Morgan fingerprint density at radius 1 is 1.50 bits per heavy atom. The molecule has 1 atom stereocenters. The van der Waals surface area contributed by atoms with E-state index in [1.54, 1.807) is 11.3 Å². The molecule has 1 aliphatic rings. The Labute approximate surface area is 146 Å². The van der Waals surface area contributed by atoms with Crippen molar-refractivity contribution in [1.82, 2.24) is 19.6 Å². The number of aromatic nitrogens is 2. The average molecular weight is 350 g/mol.